The summed E-state index contributed by atoms with van der Waals surface area (Å²) in [6.07, 6.45) is -0.133. The molecule has 0 spiro atoms. The first-order chi connectivity index (χ1) is 6.40. The van der Waals surface area contributed by atoms with Crippen molar-refractivity contribution in [3.63, 3.8) is 0 Å². The second-order valence-corrected chi connectivity index (χ2v) is 4.53. The van der Waals surface area contributed by atoms with Crippen molar-refractivity contribution < 1.29 is 16.7 Å². The van der Waals surface area contributed by atoms with Crippen molar-refractivity contribution in [1.82, 2.24) is 0 Å². The zero-order valence-electron chi connectivity index (χ0n) is 7.63. The van der Waals surface area contributed by atoms with Gasteiger partial charge in [0.2, 0.25) is 0 Å². The summed E-state index contributed by atoms with van der Waals surface area (Å²) in [6, 6.07) is 4.63. The highest BCUT2D eigenvalue weighted by molar-refractivity contribution is 7.86. The minimum absolute atomic E-state index is 0.133. The van der Waals surface area contributed by atoms with Gasteiger partial charge in [-0.2, -0.15) is 8.42 Å². The van der Waals surface area contributed by atoms with E-state index in [4.69, 9.17) is 0 Å². The summed E-state index contributed by atoms with van der Waals surface area (Å²) in [7, 11) is -4.52. The Morgan fingerprint density at radius 2 is 2.00 bits per heavy atom. The minimum Gasteiger partial charge on any atom is -0.206 e. The molecule has 1 aromatic carbocycles. The maximum atomic E-state index is 13.3. The molecule has 0 aliphatic rings. The lowest BCUT2D eigenvalue weighted by molar-refractivity contribution is 0.549. The normalized spacial score (nSPS) is 11.6. The molecule has 0 unspecified atom stereocenters. The molecule has 0 aliphatic heterocycles. The SMILES string of the molecule is Cc1cccc(CCS(=O)(=O)F)c1F. The van der Waals surface area contributed by atoms with Gasteiger partial charge in [0.05, 0.1) is 5.75 Å². The van der Waals surface area contributed by atoms with Gasteiger partial charge in [-0.05, 0) is 24.5 Å². The Hall–Kier alpha value is -0.970. The zero-order chi connectivity index (χ0) is 10.8. The van der Waals surface area contributed by atoms with Crippen LogP contribution in [0.1, 0.15) is 11.1 Å². The largest absolute Gasteiger partial charge is 0.302 e. The van der Waals surface area contributed by atoms with Crippen molar-refractivity contribution in [1.29, 1.82) is 0 Å². The van der Waals surface area contributed by atoms with E-state index in [0.29, 0.717) is 5.56 Å². The Morgan fingerprint density at radius 1 is 1.36 bits per heavy atom. The third kappa shape index (κ3) is 3.06. The van der Waals surface area contributed by atoms with Crippen LogP contribution in [-0.2, 0) is 16.6 Å². The predicted octanol–water partition coefficient (Wildman–Crippen LogP) is 1.98. The summed E-state index contributed by atoms with van der Waals surface area (Å²) < 4.78 is 45.8. The highest BCUT2D eigenvalue weighted by Gasteiger charge is 2.10. The number of hydrogen-bond acceptors (Lipinski definition) is 2. The Labute approximate surface area is 81.8 Å². The van der Waals surface area contributed by atoms with Crippen molar-refractivity contribution in [3.05, 3.63) is 35.1 Å². The van der Waals surface area contributed by atoms with Gasteiger partial charge in [0.25, 0.3) is 0 Å². The van der Waals surface area contributed by atoms with E-state index in [1.54, 1.807) is 19.1 Å². The molecule has 0 radical (unpaired) electrons. The van der Waals surface area contributed by atoms with Crippen LogP contribution in [0.3, 0.4) is 0 Å². The van der Waals surface area contributed by atoms with E-state index in [2.05, 4.69) is 0 Å². The van der Waals surface area contributed by atoms with Gasteiger partial charge in [-0.3, -0.25) is 0 Å². The zero-order valence-corrected chi connectivity index (χ0v) is 8.44. The van der Waals surface area contributed by atoms with E-state index < -0.39 is 21.8 Å². The van der Waals surface area contributed by atoms with Crippen LogP contribution in [0.4, 0.5) is 8.28 Å². The van der Waals surface area contributed by atoms with Crippen LogP contribution in [0.2, 0.25) is 0 Å². The van der Waals surface area contributed by atoms with Crippen molar-refractivity contribution in [2.24, 2.45) is 0 Å². The quantitative estimate of drug-likeness (QED) is 0.730. The van der Waals surface area contributed by atoms with E-state index in [0.717, 1.165) is 0 Å². The van der Waals surface area contributed by atoms with Crippen LogP contribution in [0.15, 0.2) is 18.2 Å². The van der Waals surface area contributed by atoms with Gasteiger partial charge < -0.3 is 0 Å². The number of rotatable bonds is 3. The first kappa shape index (κ1) is 11.1. The van der Waals surface area contributed by atoms with Gasteiger partial charge in [-0.1, -0.05) is 18.2 Å². The van der Waals surface area contributed by atoms with Crippen molar-refractivity contribution in [2.75, 3.05) is 5.75 Å². The van der Waals surface area contributed by atoms with Gasteiger partial charge >= 0.3 is 10.2 Å². The average molecular weight is 220 g/mol. The highest BCUT2D eigenvalue weighted by Crippen LogP contribution is 2.13. The lowest BCUT2D eigenvalue weighted by Gasteiger charge is -2.03. The molecular weight excluding hydrogens is 210 g/mol. The summed E-state index contributed by atoms with van der Waals surface area (Å²) in [6.45, 7) is 1.57. The number of hydrogen-bond donors (Lipinski definition) is 0. The van der Waals surface area contributed by atoms with Crippen LogP contribution >= 0.6 is 0 Å². The number of benzene rings is 1. The van der Waals surface area contributed by atoms with E-state index in [1.807, 2.05) is 0 Å². The molecule has 0 N–H and O–H groups in total. The lowest BCUT2D eigenvalue weighted by atomic mass is 10.1. The molecule has 0 saturated heterocycles. The molecule has 0 aromatic heterocycles. The molecule has 14 heavy (non-hydrogen) atoms. The number of aryl methyl sites for hydroxylation is 2. The standard InChI is InChI=1S/C9H10F2O2S/c1-7-3-2-4-8(9(7)10)5-6-14(11,12)13/h2-4H,5-6H2,1H3. The van der Waals surface area contributed by atoms with Gasteiger partial charge in [0.15, 0.2) is 0 Å². The van der Waals surface area contributed by atoms with Crippen molar-refractivity contribution in [3.8, 4) is 0 Å². The smallest absolute Gasteiger partial charge is 0.206 e. The molecule has 0 bridgehead atoms. The Balaban J connectivity index is 2.83. The van der Waals surface area contributed by atoms with Crippen LogP contribution in [0, 0.1) is 12.7 Å². The molecule has 2 nitrogen and oxygen atoms in total. The third-order valence-electron chi connectivity index (χ3n) is 1.89. The van der Waals surface area contributed by atoms with E-state index >= 15 is 0 Å². The maximum absolute atomic E-state index is 13.3. The first-order valence-electron chi connectivity index (χ1n) is 4.06. The van der Waals surface area contributed by atoms with Crippen molar-refractivity contribution in [2.45, 2.75) is 13.3 Å². The van der Waals surface area contributed by atoms with Gasteiger partial charge in [-0.25, -0.2) is 4.39 Å². The summed E-state index contributed by atoms with van der Waals surface area (Å²) in [5, 5.41) is 0. The van der Waals surface area contributed by atoms with E-state index in [-0.39, 0.29) is 12.0 Å². The summed E-state index contributed by atoms with van der Waals surface area (Å²) in [5.74, 6) is -1.14. The predicted molar refractivity (Wildman–Crippen MR) is 49.7 cm³/mol. The molecule has 0 aliphatic carbocycles. The average Bonchev–Trinajstić information content (AvgIpc) is 2.06. The molecule has 5 heteroatoms. The van der Waals surface area contributed by atoms with Gasteiger partial charge in [-0.15, -0.1) is 3.89 Å². The van der Waals surface area contributed by atoms with Crippen LogP contribution in [0.5, 0.6) is 0 Å². The maximum Gasteiger partial charge on any atom is 0.302 e. The van der Waals surface area contributed by atoms with Crippen LogP contribution < -0.4 is 0 Å². The minimum atomic E-state index is -4.52. The molecule has 78 valence electrons. The van der Waals surface area contributed by atoms with E-state index in [1.165, 1.54) is 6.07 Å². The molecule has 0 fully saturated rings. The molecule has 0 amide bonds. The van der Waals surface area contributed by atoms with Gasteiger partial charge in [0, 0.05) is 0 Å². The Morgan fingerprint density at radius 3 is 2.57 bits per heavy atom. The summed E-state index contributed by atoms with van der Waals surface area (Å²) in [5.41, 5.74) is 0.657. The lowest BCUT2D eigenvalue weighted by Crippen LogP contribution is -2.04. The molecule has 0 saturated carbocycles. The van der Waals surface area contributed by atoms with Crippen molar-refractivity contribution >= 4 is 10.2 Å². The van der Waals surface area contributed by atoms with Crippen LogP contribution in [0.25, 0.3) is 0 Å². The molecule has 1 rings (SSSR count). The molecular formula is C9H10F2O2S. The highest BCUT2D eigenvalue weighted by atomic mass is 32.3. The fourth-order valence-electron chi connectivity index (χ4n) is 1.13. The Kier molecular flexibility index (Phi) is 3.21. The monoisotopic (exact) mass is 220 g/mol. The fraction of sp³-hybridized carbons (Fsp3) is 0.333. The molecule has 1 aromatic rings. The second-order valence-electron chi connectivity index (χ2n) is 3.04. The summed E-state index contributed by atoms with van der Waals surface area (Å²) in [4.78, 5) is 0. The number of halogens is 2. The molecule has 0 heterocycles. The topological polar surface area (TPSA) is 34.1 Å². The second kappa shape index (κ2) is 4.04. The first-order valence-corrected chi connectivity index (χ1v) is 5.62. The van der Waals surface area contributed by atoms with E-state index in [9.17, 15) is 16.7 Å². The fourth-order valence-corrected chi connectivity index (χ4v) is 1.60. The molecule has 0 atom stereocenters. The van der Waals surface area contributed by atoms with Gasteiger partial charge in [0.1, 0.15) is 5.82 Å². The Bertz CT molecular complexity index is 426. The third-order valence-corrected chi connectivity index (χ3v) is 2.58. The van der Waals surface area contributed by atoms with Crippen LogP contribution in [-0.4, -0.2) is 14.2 Å². The summed E-state index contributed by atoms with van der Waals surface area (Å²) >= 11 is 0.